The summed E-state index contributed by atoms with van der Waals surface area (Å²) in [6, 6.07) is 11.1. The van der Waals surface area contributed by atoms with E-state index in [4.69, 9.17) is 0 Å². The monoisotopic (exact) mass is 387 g/mol. The van der Waals surface area contributed by atoms with Gasteiger partial charge in [-0.3, -0.25) is 4.79 Å². The number of sulfone groups is 1. The number of pyridine rings is 1. The number of nitrogens with zero attached hydrogens (tertiary/aromatic N) is 2. The number of aromatic nitrogens is 1. The molecule has 0 saturated carbocycles. The lowest BCUT2D eigenvalue weighted by molar-refractivity contribution is 0.102. The van der Waals surface area contributed by atoms with Crippen LogP contribution >= 0.6 is 0 Å². The molecule has 1 aliphatic heterocycles. The zero-order valence-electron chi connectivity index (χ0n) is 15.7. The molecule has 0 bridgehead atoms. The van der Waals surface area contributed by atoms with Gasteiger partial charge in [-0.15, -0.1) is 0 Å². The fourth-order valence-electron chi connectivity index (χ4n) is 3.37. The lowest BCUT2D eigenvalue weighted by atomic mass is 10.1. The molecule has 1 saturated heterocycles. The van der Waals surface area contributed by atoms with Crippen LogP contribution in [0.1, 0.15) is 36.2 Å². The molecule has 1 N–H and O–H groups in total. The maximum atomic E-state index is 12.6. The number of aryl methyl sites for hydroxylation is 1. The quantitative estimate of drug-likeness (QED) is 0.824. The van der Waals surface area contributed by atoms with Crippen molar-refractivity contribution >= 4 is 27.2 Å². The fourth-order valence-corrected chi connectivity index (χ4v) is 5.10. The molecule has 1 fully saturated rings. The van der Waals surface area contributed by atoms with Crippen LogP contribution < -0.4 is 10.2 Å². The van der Waals surface area contributed by atoms with Crippen molar-refractivity contribution in [3.05, 3.63) is 53.7 Å². The lowest BCUT2D eigenvalue weighted by Gasteiger charge is -2.28. The van der Waals surface area contributed by atoms with Crippen LogP contribution in [-0.4, -0.2) is 43.4 Å². The van der Waals surface area contributed by atoms with Crippen LogP contribution in [0.3, 0.4) is 0 Å². The first-order valence-electron chi connectivity index (χ1n) is 9.25. The summed E-state index contributed by atoms with van der Waals surface area (Å²) in [5, 5.41) is 2.90. The zero-order chi connectivity index (χ0) is 19.4. The molecule has 2 aromatic rings. The third-order valence-electron chi connectivity index (χ3n) is 4.91. The molecule has 0 aliphatic carbocycles. The topological polar surface area (TPSA) is 79.4 Å². The first-order valence-corrected chi connectivity index (χ1v) is 11.1. The molecule has 2 heterocycles. The SMILES string of the molecule is CCc1ccc(NC(=O)c2ccnc(N(CC)C3CCS(=O)(=O)C3)c2)cc1. The maximum Gasteiger partial charge on any atom is 0.255 e. The van der Waals surface area contributed by atoms with Crippen molar-refractivity contribution in [2.45, 2.75) is 32.7 Å². The van der Waals surface area contributed by atoms with Gasteiger partial charge in [0.2, 0.25) is 0 Å². The Labute approximate surface area is 160 Å². The average Bonchev–Trinajstić information content (AvgIpc) is 3.02. The summed E-state index contributed by atoms with van der Waals surface area (Å²) in [4.78, 5) is 18.9. The van der Waals surface area contributed by atoms with Crippen LogP contribution in [0, 0.1) is 0 Å². The molecule has 1 amide bonds. The first kappa shape index (κ1) is 19.4. The summed E-state index contributed by atoms with van der Waals surface area (Å²) >= 11 is 0. The molecule has 1 aromatic carbocycles. The van der Waals surface area contributed by atoms with Crippen LogP contribution in [-0.2, 0) is 16.3 Å². The van der Waals surface area contributed by atoms with E-state index in [1.165, 1.54) is 5.56 Å². The number of rotatable bonds is 6. The highest BCUT2D eigenvalue weighted by atomic mass is 32.2. The Bertz CT molecular complexity index is 910. The summed E-state index contributed by atoms with van der Waals surface area (Å²) in [5.41, 5.74) is 2.45. The Hall–Kier alpha value is -2.41. The molecule has 7 heteroatoms. The van der Waals surface area contributed by atoms with E-state index in [0.29, 0.717) is 24.3 Å². The van der Waals surface area contributed by atoms with Gasteiger partial charge in [0.25, 0.3) is 5.91 Å². The van der Waals surface area contributed by atoms with Crippen LogP contribution in [0.25, 0.3) is 0 Å². The largest absolute Gasteiger partial charge is 0.353 e. The van der Waals surface area contributed by atoms with Gasteiger partial charge < -0.3 is 10.2 Å². The predicted octanol–water partition coefficient (Wildman–Crippen LogP) is 2.91. The summed E-state index contributed by atoms with van der Waals surface area (Å²) in [5.74, 6) is 0.775. The Morgan fingerprint density at radius 3 is 2.56 bits per heavy atom. The fraction of sp³-hybridized carbons (Fsp3) is 0.400. The van der Waals surface area contributed by atoms with Crippen LogP contribution in [0.5, 0.6) is 0 Å². The smallest absolute Gasteiger partial charge is 0.255 e. The summed E-state index contributed by atoms with van der Waals surface area (Å²) in [6.07, 6.45) is 3.14. The third-order valence-corrected chi connectivity index (χ3v) is 6.66. The lowest BCUT2D eigenvalue weighted by Crippen LogP contribution is -2.36. The molecule has 1 aliphatic rings. The van der Waals surface area contributed by atoms with Gasteiger partial charge in [0, 0.05) is 30.0 Å². The number of amides is 1. The minimum absolute atomic E-state index is 0.0904. The number of hydrogen-bond donors (Lipinski definition) is 1. The molecule has 27 heavy (non-hydrogen) atoms. The minimum Gasteiger partial charge on any atom is -0.353 e. The van der Waals surface area contributed by atoms with E-state index in [1.54, 1.807) is 18.3 Å². The molecule has 1 unspecified atom stereocenters. The van der Waals surface area contributed by atoms with E-state index >= 15 is 0 Å². The number of carbonyl (C=O) groups is 1. The van der Waals surface area contributed by atoms with Crippen molar-refractivity contribution in [3.63, 3.8) is 0 Å². The zero-order valence-corrected chi connectivity index (χ0v) is 16.5. The van der Waals surface area contributed by atoms with Gasteiger partial charge in [-0.1, -0.05) is 19.1 Å². The van der Waals surface area contributed by atoms with E-state index < -0.39 is 9.84 Å². The van der Waals surface area contributed by atoms with Gasteiger partial charge in [-0.05, 0) is 49.6 Å². The Balaban J connectivity index is 1.76. The van der Waals surface area contributed by atoms with Crippen molar-refractivity contribution in [1.82, 2.24) is 4.98 Å². The molecular formula is C20H25N3O3S. The summed E-state index contributed by atoms with van der Waals surface area (Å²) in [6.45, 7) is 4.69. The Morgan fingerprint density at radius 2 is 1.96 bits per heavy atom. The van der Waals surface area contributed by atoms with Gasteiger partial charge in [-0.25, -0.2) is 13.4 Å². The van der Waals surface area contributed by atoms with Crippen LogP contribution in [0.4, 0.5) is 11.5 Å². The number of anilines is 2. The Morgan fingerprint density at radius 1 is 1.22 bits per heavy atom. The van der Waals surface area contributed by atoms with Crippen LogP contribution in [0.2, 0.25) is 0 Å². The molecule has 144 valence electrons. The third kappa shape index (κ3) is 4.66. The molecule has 1 aromatic heterocycles. The second-order valence-electron chi connectivity index (χ2n) is 6.75. The number of carbonyl (C=O) groups excluding carboxylic acids is 1. The summed E-state index contributed by atoms with van der Waals surface area (Å²) < 4.78 is 23.6. The normalized spacial score (nSPS) is 18.2. The number of hydrogen-bond acceptors (Lipinski definition) is 5. The molecule has 1 atom stereocenters. The van der Waals surface area contributed by atoms with E-state index in [-0.39, 0.29) is 23.5 Å². The highest BCUT2D eigenvalue weighted by Crippen LogP contribution is 2.23. The van der Waals surface area contributed by atoms with Gasteiger partial charge in [0.1, 0.15) is 5.82 Å². The van der Waals surface area contributed by atoms with E-state index in [9.17, 15) is 13.2 Å². The molecule has 0 spiro atoms. The standard InChI is InChI=1S/C20H25N3O3S/c1-3-15-5-7-17(8-6-15)22-20(24)16-9-11-21-19(13-16)23(4-2)18-10-12-27(25,26)14-18/h5-9,11,13,18H,3-4,10,12,14H2,1-2H3,(H,22,24). The van der Waals surface area contributed by atoms with Gasteiger partial charge in [0.05, 0.1) is 11.5 Å². The highest BCUT2D eigenvalue weighted by Gasteiger charge is 2.32. The average molecular weight is 388 g/mol. The predicted molar refractivity (Wildman–Crippen MR) is 108 cm³/mol. The van der Waals surface area contributed by atoms with E-state index in [2.05, 4.69) is 17.2 Å². The van der Waals surface area contributed by atoms with Crippen LogP contribution in [0.15, 0.2) is 42.6 Å². The van der Waals surface area contributed by atoms with Crippen molar-refractivity contribution in [2.75, 3.05) is 28.3 Å². The second-order valence-corrected chi connectivity index (χ2v) is 8.98. The van der Waals surface area contributed by atoms with Gasteiger partial charge >= 0.3 is 0 Å². The van der Waals surface area contributed by atoms with E-state index in [0.717, 1.165) is 12.1 Å². The number of nitrogens with one attached hydrogen (secondary N) is 1. The first-order chi connectivity index (χ1) is 12.9. The van der Waals surface area contributed by atoms with E-state index in [1.807, 2.05) is 36.1 Å². The van der Waals surface area contributed by atoms with Crippen molar-refractivity contribution < 1.29 is 13.2 Å². The maximum absolute atomic E-state index is 12.6. The van der Waals surface area contributed by atoms with Gasteiger partial charge in [0.15, 0.2) is 9.84 Å². The number of benzene rings is 1. The molecule has 0 radical (unpaired) electrons. The van der Waals surface area contributed by atoms with Gasteiger partial charge in [-0.2, -0.15) is 0 Å². The Kier molecular flexibility index (Phi) is 5.79. The van der Waals surface area contributed by atoms with Crippen molar-refractivity contribution in [3.8, 4) is 0 Å². The molecule has 3 rings (SSSR count). The highest BCUT2D eigenvalue weighted by molar-refractivity contribution is 7.91. The second kappa shape index (κ2) is 8.08. The van der Waals surface area contributed by atoms with Crippen molar-refractivity contribution in [2.24, 2.45) is 0 Å². The van der Waals surface area contributed by atoms with Crippen molar-refractivity contribution in [1.29, 1.82) is 0 Å². The summed E-state index contributed by atoms with van der Waals surface area (Å²) in [7, 11) is -2.98. The molecular weight excluding hydrogens is 362 g/mol. The minimum atomic E-state index is -2.98. The molecule has 6 nitrogen and oxygen atoms in total.